The Morgan fingerprint density at radius 2 is 2.08 bits per heavy atom. The Morgan fingerprint density at radius 1 is 1.31 bits per heavy atom. The minimum Gasteiger partial charge on any atom is -0.0622 e. The molecule has 1 atom stereocenters. The van der Waals surface area contributed by atoms with Crippen LogP contribution in [-0.4, -0.2) is 0 Å². The Labute approximate surface area is 81.0 Å². The lowest BCUT2D eigenvalue weighted by Crippen LogP contribution is -2.03. The van der Waals surface area contributed by atoms with Crippen molar-refractivity contribution >= 4 is 0 Å². The molecule has 0 saturated heterocycles. The summed E-state index contributed by atoms with van der Waals surface area (Å²) < 4.78 is 0. The zero-order valence-electron chi connectivity index (χ0n) is 8.80. The van der Waals surface area contributed by atoms with Gasteiger partial charge < -0.3 is 0 Å². The van der Waals surface area contributed by atoms with Crippen LogP contribution in [0.2, 0.25) is 0 Å². The summed E-state index contributed by atoms with van der Waals surface area (Å²) in [6.07, 6.45) is 2.65. The fraction of sp³-hybridized carbons (Fsp3) is 0.538. The van der Waals surface area contributed by atoms with Crippen LogP contribution >= 0.6 is 0 Å². The molecule has 0 heteroatoms. The molecule has 0 spiro atoms. The summed E-state index contributed by atoms with van der Waals surface area (Å²) in [5.41, 5.74) is 4.74. The molecule has 2 rings (SSSR count). The third-order valence-corrected chi connectivity index (χ3v) is 3.31. The third-order valence-electron chi connectivity index (χ3n) is 3.31. The molecular weight excluding hydrogens is 156 g/mol. The van der Waals surface area contributed by atoms with Crippen molar-refractivity contribution < 1.29 is 0 Å². The Hall–Kier alpha value is -0.780. The number of hydrogen-bond donors (Lipinski definition) is 0. The van der Waals surface area contributed by atoms with E-state index in [-0.39, 0.29) is 0 Å². The first-order chi connectivity index (χ1) is 6.20. The number of aryl methyl sites for hydroxylation is 2. The van der Waals surface area contributed by atoms with Gasteiger partial charge in [0.25, 0.3) is 0 Å². The number of hydrogen-bond acceptors (Lipinski definition) is 0. The minimum atomic E-state index is 0.794. The predicted molar refractivity (Wildman–Crippen MR) is 57.1 cm³/mol. The highest BCUT2D eigenvalue weighted by Gasteiger charge is 2.25. The van der Waals surface area contributed by atoms with E-state index in [1.54, 1.807) is 11.1 Å². The smallest absolute Gasteiger partial charge is 0.0130 e. The first-order valence-electron chi connectivity index (χ1n) is 5.28. The predicted octanol–water partition coefficient (Wildman–Crippen LogP) is 3.68. The second-order valence-corrected chi connectivity index (χ2v) is 4.54. The van der Waals surface area contributed by atoms with E-state index in [2.05, 4.69) is 39.0 Å². The molecule has 0 saturated carbocycles. The van der Waals surface area contributed by atoms with Crippen molar-refractivity contribution in [3.05, 3.63) is 34.9 Å². The Bertz CT molecular complexity index is 310. The maximum Gasteiger partial charge on any atom is -0.0130 e. The van der Waals surface area contributed by atoms with Crippen LogP contribution in [0.25, 0.3) is 0 Å². The van der Waals surface area contributed by atoms with Crippen molar-refractivity contribution in [3.8, 4) is 0 Å². The summed E-state index contributed by atoms with van der Waals surface area (Å²) in [6, 6.07) is 6.74. The van der Waals surface area contributed by atoms with Crippen LogP contribution < -0.4 is 0 Å². The number of fused-ring (bicyclic) bond motifs is 1. The Morgan fingerprint density at radius 3 is 2.77 bits per heavy atom. The molecule has 1 unspecified atom stereocenters. The van der Waals surface area contributed by atoms with E-state index in [1.807, 2.05) is 0 Å². The molecule has 1 aliphatic carbocycles. The summed E-state index contributed by atoms with van der Waals surface area (Å²) in [5.74, 6) is 1.61. The van der Waals surface area contributed by atoms with Gasteiger partial charge in [-0.2, -0.15) is 0 Å². The van der Waals surface area contributed by atoms with Crippen LogP contribution in [0.4, 0.5) is 0 Å². The SMILES string of the molecule is Cc1cccc2c1C(C(C)C)CC2. The summed E-state index contributed by atoms with van der Waals surface area (Å²) in [5, 5.41) is 0. The second-order valence-electron chi connectivity index (χ2n) is 4.54. The van der Waals surface area contributed by atoms with Gasteiger partial charge in [0.05, 0.1) is 0 Å². The molecular formula is C13H18. The molecule has 0 heterocycles. The van der Waals surface area contributed by atoms with Gasteiger partial charge in [-0.05, 0) is 48.3 Å². The average Bonchev–Trinajstić information content (AvgIpc) is 2.49. The zero-order chi connectivity index (χ0) is 9.42. The van der Waals surface area contributed by atoms with E-state index in [0.29, 0.717) is 0 Å². The van der Waals surface area contributed by atoms with Crippen molar-refractivity contribution in [3.63, 3.8) is 0 Å². The van der Waals surface area contributed by atoms with Gasteiger partial charge in [0.2, 0.25) is 0 Å². The van der Waals surface area contributed by atoms with Crippen LogP contribution in [0, 0.1) is 12.8 Å². The summed E-state index contributed by atoms with van der Waals surface area (Å²) in [4.78, 5) is 0. The van der Waals surface area contributed by atoms with Crippen LogP contribution in [0.15, 0.2) is 18.2 Å². The first kappa shape index (κ1) is 8.80. The van der Waals surface area contributed by atoms with Crippen molar-refractivity contribution in [2.24, 2.45) is 5.92 Å². The van der Waals surface area contributed by atoms with Gasteiger partial charge in [-0.15, -0.1) is 0 Å². The molecule has 0 aromatic heterocycles. The highest BCUT2D eigenvalue weighted by atomic mass is 14.3. The van der Waals surface area contributed by atoms with Crippen molar-refractivity contribution in [1.29, 1.82) is 0 Å². The monoisotopic (exact) mass is 174 g/mol. The maximum atomic E-state index is 2.34. The largest absolute Gasteiger partial charge is 0.0622 e. The van der Waals surface area contributed by atoms with E-state index in [1.165, 1.54) is 18.4 Å². The van der Waals surface area contributed by atoms with Gasteiger partial charge >= 0.3 is 0 Å². The molecule has 1 aromatic rings. The van der Waals surface area contributed by atoms with Gasteiger partial charge in [0.15, 0.2) is 0 Å². The molecule has 0 radical (unpaired) electrons. The van der Waals surface area contributed by atoms with E-state index in [9.17, 15) is 0 Å². The van der Waals surface area contributed by atoms with Crippen molar-refractivity contribution in [2.45, 2.75) is 39.5 Å². The standard InChI is InChI=1S/C13H18/c1-9(2)12-8-7-11-6-4-5-10(3)13(11)12/h4-6,9,12H,7-8H2,1-3H3. The number of rotatable bonds is 1. The van der Waals surface area contributed by atoms with Gasteiger partial charge in [0.1, 0.15) is 0 Å². The average molecular weight is 174 g/mol. The van der Waals surface area contributed by atoms with E-state index in [0.717, 1.165) is 11.8 Å². The van der Waals surface area contributed by atoms with E-state index < -0.39 is 0 Å². The Balaban J connectivity index is 2.46. The van der Waals surface area contributed by atoms with Crippen LogP contribution in [0.3, 0.4) is 0 Å². The normalized spacial score (nSPS) is 20.8. The quantitative estimate of drug-likeness (QED) is 0.609. The fourth-order valence-corrected chi connectivity index (χ4v) is 2.61. The molecule has 0 fully saturated rings. The third kappa shape index (κ3) is 1.39. The van der Waals surface area contributed by atoms with E-state index in [4.69, 9.17) is 0 Å². The minimum absolute atomic E-state index is 0.794. The van der Waals surface area contributed by atoms with E-state index >= 15 is 0 Å². The molecule has 1 aliphatic rings. The fourth-order valence-electron chi connectivity index (χ4n) is 2.61. The van der Waals surface area contributed by atoms with Gasteiger partial charge in [-0.1, -0.05) is 32.0 Å². The van der Waals surface area contributed by atoms with Crippen molar-refractivity contribution in [1.82, 2.24) is 0 Å². The van der Waals surface area contributed by atoms with Gasteiger partial charge in [-0.3, -0.25) is 0 Å². The topological polar surface area (TPSA) is 0 Å². The first-order valence-corrected chi connectivity index (χ1v) is 5.28. The lowest BCUT2D eigenvalue weighted by atomic mass is 9.88. The number of benzene rings is 1. The maximum absolute atomic E-state index is 2.34. The molecule has 1 aromatic carbocycles. The van der Waals surface area contributed by atoms with Crippen LogP contribution in [0.5, 0.6) is 0 Å². The molecule has 0 amide bonds. The highest BCUT2D eigenvalue weighted by Crippen LogP contribution is 2.39. The van der Waals surface area contributed by atoms with Crippen LogP contribution in [0.1, 0.15) is 42.9 Å². The zero-order valence-corrected chi connectivity index (χ0v) is 8.80. The van der Waals surface area contributed by atoms with Crippen molar-refractivity contribution in [2.75, 3.05) is 0 Å². The lowest BCUT2D eigenvalue weighted by Gasteiger charge is -2.17. The van der Waals surface area contributed by atoms with Gasteiger partial charge in [0, 0.05) is 0 Å². The highest BCUT2D eigenvalue weighted by molar-refractivity contribution is 5.41. The summed E-state index contributed by atoms with van der Waals surface area (Å²) >= 11 is 0. The van der Waals surface area contributed by atoms with Crippen LogP contribution in [-0.2, 0) is 6.42 Å². The lowest BCUT2D eigenvalue weighted by molar-refractivity contribution is 0.494. The molecule has 70 valence electrons. The second kappa shape index (κ2) is 3.17. The summed E-state index contributed by atoms with van der Waals surface area (Å²) in [6.45, 7) is 6.93. The summed E-state index contributed by atoms with van der Waals surface area (Å²) in [7, 11) is 0. The molecule has 13 heavy (non-hydrogen) atoms. The molecule has 0 nitrogen and oxygen atoms in total. The Kier molecular flexibility index (Phi) is 2.15. The van der Waals surface area contributed by atoms with Gasteiger partial charge in [-0.25, -0.2) is 0 Å². The molecule has 0 N–H and O–H groups in total. The molecule has 0 aliphatic heterocycles. The molecule has 0 bridgehead atoms.